The van der Waals surface area contributed by atoms with E-state index in [-0.39, 0.29) is 0 Å². The van der Waals surface area contributed by atoms with E-state index in [1.54, 1.807) is 0 Å². The van der Waals surface area contributed by atoms with Crippen LogP contribution in [-0.4, -0.2) is 16.5 Å². The van der Waals surface area contributed by atoms with Crippen LogP contribution in [0.1, 0.15) is 39.0 Å². The summed E-state index contributed by atoms with van der Waals surface area (Å²) in [5, 5.41) is 0. The predicted octanol–water partition coefficient (Wildman–Crippen LogP) is 2.64. The van der Waals surface area contributed by atoms with Crippen molar-refractivity contribution in [1.29, 1.82) is 0 Å². The van der Waals surface area contributed by atoms with Crippen LogP contribution in [0.5, 0.6) is 0 Å². The molecule has 0 nitrogen and oxygen atoms in total. The van der Waals surface area contributed by atoms with E-state index in [1.165, 1.54) is 32.1 Å². The van der Waals surface area contributed by atoms with Crippen LogP contribution >= 0.6 is 0 Å². The normalized spacial score (nSPS) is 10.9. The van der Waals surface area contributed by atoms with Gasteiger partial charge in [-0.1, -0.05) is 0 Å². The Morgan fingerprint density at radius 3 is 2.56 bits per heavy atom. The third-order valence-electron chi connectivity index (χ3n) is 1.34. The van der Waals surface area contributed by atoms with Gasteiger partial charge >= 0.3 is 66.5 Å². The fourth-order valence-electron chi connectivity index (χ4n) is 0.772. The molecule has 0 atom stereocenters. The van der Waals surface area contributed by atoms with Crippen LogP contribution in [-0.2, 0) is 0 Å². The molecular formula is C8H15Ge. The minimum atomic E-state index is 1.27. The van der Waals surface area contributed by atoms with Gasteiger partial charge in [-0.3, -0.25) is 0 Å². The molecule has 0 aromatic heterocycles. The summed E-state index contributed by atoms with van der Waals surface area (Å²) in [6.07, 6.45) is 9.04. The first-order valence-electron chi connectivity index (χ1n) is 3.74. The molecule has 0 aliphatic carbocycles. The van der Waals surface area contributed by atoms with Gasteiger partial charge in [-0.2, -0.15) is 0 Å². The third kappa shape index (κ3) is 8.28. The molecule has 0 rings (SSSR count). The molecule has 0 fully saturated rings. The van der Waals surface area contributed by atoms with E-state index >= 15 is 0 Å². The van der Waals surface area contributed by atoms with Crippen molar-refractivity contribution < 1.29 is 0 Å². The van der Waals surface area contributed by atoms with Crippen molar-refractivity contribution in [3.8, 4) is 0 Å². The van der Waals surface area contributed by atoms with Crippen LogP contribution in [0.3, 0.4) is 0 Å². The second-order valence-corrected chi connectivity index (χ2v) is 2.95. The molecule has 0 N–H and O–H groups in total. The second kappa shape index (κ2) is 8.28. The first-order chi connectivity index (χ1) is 4.41. The summed E-state index contributed by atoms with van der Waals surface area (Å²) in [4.78, 5) is 2.13. The monoisotopic (exact) mass is 185 g/mol. The Bertz CT molecular complexity index is 67.0. The zero-order chi connectivity index (χ0) is 6.95. The van der Waals surface area contributed by atoms with Crippen molar-refractivity contribution in [2.45, 2.75) is 39.0 Å². The van der Waals surface area contributed by atoms with Gasteiger partial charge in [0.15, 0.2) is 0 Å². The van der Waals surface area contributed by atoms with Gasteiger partial charge in [-0.15, -0.1) is 0 Å². The van der Waals surface area contributed by atoms with Crippen LogP contribution in [0.4, 0.5) is 0 Å². The number of unbranched alkanes of at least 4 members (excludes halogenated alkanes) is 4. The minimum absolute atomic E-state index is 1.27. The SMILES string of the molecule is CCCCCC/C=[CH]/[Ge]. The number of allylic oxidation sites excluding steroid dienone is 1. The van der Waals surface area contributed by atoms with E-state index < -0.39 is 0 Å². The fourth-order valence-corrected chi connectivity index (χ4v) is 1.12. The molecule has 9 heavy (non-hydrogen) atoms. The van der Waals surface area contributed by atoms with Crippen molar-refractivity contribution in [2.24, 2.45) is 0 Å². The summed E-state index contributed by atoms with van der Waals surface area (Å²) in [7, 11) is 0. The molecule has 0 aliphatic rings. The Hall–Kier alpha value is 0.283. The molecule has 0 aliphatic heterocycles. The average molecular weight is 184 g/mol. The maximum atomic E-state index is 2.25. The molecule has 1 heteroatoms. The van der Waals surface area contributed by atoms with Gasteiger partial charge in [0.05, 0.1) is 0 Å². The van der Waals surface area contributed by atoms with Crippen molar-refractivity contribution in [3.05, 3.63) is 11.0 Å². The van der Waals surface area contributed by atoms with E-state index in [0.29, 0.717) is 0 Å². The van der Waals surface area contributed by atoms with Gasteiger partial charge in [0.25, 0.3) is 0 Å². The van der Waals surface area contributed by atoms with Crippen LogP contribution in [0.2, 0.25) is 0 Å². The Kier molecular flexibility index (Phi) is 8.54. The van der Waals surface area contributed by atoms with Crippen LogP contribution in [0.25, 0.3) is 0 Å². The van der Waals surface area contributed by atoms with Crippen molar-refractivity contribution in [2.75, 3.05) is 0 Å². The average Bonchev–Trinajstić information content (AvgIpc) is 1.89. The van der Waals surface area contributed by atoms with Gasteiger partial charge in [-0.25, -0.2) is 0 Å². The van der Waals surface area contributed by atoms with Gasteiger partial charge in [0.2, 0.25) is 0 Å². The molecule has 3 radical (unpaired) electrons. The van der Waals surface area contributed by atoms with E-state index in [9.17, 15) is 0 Å². The Morgan fingerprint density at radius 2 is 2.00 bits per heavy atom. The number of hydrogen-bond acceptors (Lipinski definition) is 0. The molecule has 0 amide bonds. The van der Waals surface area contributed by atoms with Crippen molar-refractivity contribution >= 4 is 16.5 Å². The fraction of sp³-hybridized carbons (Fsp3) is 0.750. The van der Waals surface area contributed by atoms with Crippen LogP contribution in [0, 0.1) is 0 Å². The topological polar surface area (TPSA) is 0 Å². The summed E-state index contributed by atoms with van der Waals surface area (Å²) in [5.41, 5.74) is 0. The van der Waals surface area contributed by atoms with Gasteiger partial charge < -0.3 is 0 Å². The zero-order valence-corrected chi connectivity index (χ0v) is 8.29. The quantitative estimate of drug-likeness (QED) is 0.454. The second-order valence-electron chi connectivity index (χ2n) is 2.25. The van der Waals surface area contributed by atoms with Gasteiger partial charge in [0, 0.05) is 0 Å². The Labute approximate surface area is 66.9 Å². The molecule has 51 valence electrons. The summed E-state index contributed by atoms with van der Waals surface area (Å²) >= 11 is 2.08. The molecule has 0 saturated heterocycles. The molecule has 0 spiro atoms. The van der Waals surface area contributed by atoms with Crippen LogP contribution < -0.4 is 0 Å². The van der Waals surface area contributed by atoms with E-state index in [1.807, 2.05) is 0 Å². The molecule has 0 aromatic carbocycles. The molecule has 0 heterocycles. The summed E-state index contributed by atoms with van der Waals surface area (Å²) in [5.74, 6) is 0. The molecular weight excluding hydrogens is 169 g/mol. The number of hydrogen-bond donors (Lipinski definition) is 0. The van der Waals surface area contributed by atoms with E-state index in [0.717, 1.165) is 0 Å². The standard InChI is InChI=1S/C8H15Ge/c1-2-3-4-5-6-7-8-9/h7-8H,2-6H2,1H3/b8-7+. The third-order valence-corrected chi connectivity index (χ3v) is 1.84. The number of rotatable bonds is 5. The van der Waals surface area contributed by atoms with Gasteiger partial charge in [-0.05, 0) is 0 Å². The first-order valence-corrected chi connectivity index (χ1v) is 4.95. The first kappa shape index (κ1) is 9.28. The maximum absolute atomic E-state index is 2.25. The predicted molar refractivity (Wildman–Crippen MR) is 43.7 cm³/mol. The molecule has 0 unspecified atom stereocenters. The van der Waals surface area contributed by atoms with Crippen molar-refractivity contribution in [3.63, 3.8) is 0 Å². The molecule has 0 saturated carbocycles. The van der Waals surface area contributed by atoms with Crippen molar-refractivity contribution in [1.82, 2.24) is 0 Å². The summed E-state index contributed by atoms with van der Waals surface area (Å²) in [6, 6.07) is 0. The summed E-state index contributed by atoms with van der Waals surface area (Å²) < 4.78 is 0. The van der Waals surface area contributed by atoms with Crippen LogP contribution in [0.15, 0.2) is 11.0 Å². The summed E-state index contributed by atoms with van der Waals surface area (Å²) in [6.45, 7) is 2.25. The molecule has 0 bridgehead atoms. The molecule has 0 aromatic rings. The Morgan fingerprint density at radius 1 is 1.22 bits per heavy atom. The van der Waals surface area contributed by atoms with E-state index in [2.05, 4.69) is 34.4 Å². The zero-order valence-electron chi connectivity index (χ0n) is 6.19. The Balaban J connectivity index is 2.75. The van der Waals surface area contributed by atoms with E-state index in [4.69, 9.17) is 0 Å². The van der Waals surface area contributed by atoms with Gasteiger partial charge in [0.1, 0.15) is 0 Å².